The Morgan fingerprint density at radius 1 is 1.15 bits per heavy atom. The van der Waals surface area contributed by atoms with Crippen LogP contribution in [0.3, 0.4) is 0 Å². The third kappa shape index (κ3) is 7.90. The fourth-order valence-corrected chi connectivity index (χ4v) is 3.93. The monoisotopic (exact) mass is 481 g/mol. The van der Waals surface area contributed by atoms with Crippen LogP contribution < -0.4 is 19.5 Å². The molecule has 0 bridgehead atoms. The van der Waals surface area contributed by atoms with Crippen LogP contribution in [-0.4, -0.2) is 49.7 Å². The fraction of sp³-hybridized carbons (Fsp3) is 0.308. The fourth-order valence-electron chi connectivity index (χ4n) is 3.38. The minimum absolute atomic E-state index is 0.179. The first-order valence-corrected chi connectivity index (χ1v) is 11.9. The van der Waals surface area contributed by atoms with E-state index in [4.69, 9.17) is 14.2 Å². The van der Waals surface area contributed by atoms with Crippen molar-refractivity contribution in [2.24, 2.45) is 0 Å². The van der Waals surface area contributed by atoms with Crippen LogP contribution in [0, 0.1) is 0 Å². The van der Waals surface area contributed by atoms with Crippen molar-refractivity contribution in [2.45, 2.75) is 26.1 Å². The quantitative estimate of drug-likeness (QED) is 0.387. The molecule has 0 saturated heterocycles. The topological polar surface area (TPSA) is 72.9 Å². The van der Waals surface area contributed by atoms with Crippen molar-refractivity contribution in [2.75, 3.05) is 27.8 Å². The second kappa shape index (κ2) is 12.8. The first-order valence-electron chi connectivity index (χ1n) is 11.0. The lowest BCUT2D eigenvalue weighted by Crippen LogP contribution is -2.32. The number of amides is 1. The molecule has 0 aliphatic carbocycles. The van der Waals surface area contributed by atoms with Gasteiger partial charge in [-0.3, -0.25) is 9.69 Å². The summed E-state index contributed by atoms with van der Waals surface area (Å²) in [5, 5.41) is 4.94. The van der Waals surface area contributed by atoms with Gasteiger partial charge in [-0.15, -0.1) is 11.3 Å². The Morgan fingerprint density at radius 2 is 1.97 bits per heavy atom. The van der Waals surface area contributed by atoms with Gasteiger partial charge < -0.3 is 19.5 Å². The first-order chi connectivity index (χ1) is 16.5. The van der Waals surface area contributed by atoms with Crippen molar-refractivity contribution in [3.05, 3.63) is 76.3 Å². The molecule has 180 valence electrons. The summed E-state index contributed by atoms with van der Waals surface area (Å²) in [5.74, 6) is 1.85. The SMILES string of the molecule is COc1ccc(/C=C/C(=O)NC[C@H](C)Oc2cccc(CN(C)Cc3cscn3)c2)cc1OC. The molecule has 0 spiro atoms. The van der Waals surface area contributed by atoms with Crippen LogP contribution in [0.4, 0.5) is 0 Å². The maximum Gasteiger partial charge on any atom is 0.244 e. The molecule has 0 saturated carbocycles. The summed E-state index contributed by atoms with van der Waals surface area (Å²) in [4.78, 5) is 18.8. The Labute approximate surface area is 205 Å². The van der Waals surface area contributed by atoms with Crippen molar-refractivity contribution in [1.82, 2.24) is 15.2 Å². The summed E-state index contributed by atoms with van der Waals surface area (Å²) in [5.41, 5.74) is 4.92. The molecule has 1 amide bonds. The molecule has 1 N–H and O–H groups in total. The highest BCUT2D eigenvalue weighted by Gasteiger charge is 2.09. The van der Waals surface area contributed by atoms with E-state index in [1.807, 2.05) is 42.8 Å². The molecule has 1 atom stereocenters. The van der Waals surface area contributed by atoms with Gasteiger partial charge in [0.2, 0.25) is 5.91 Å². The number of rotatable bonds is 12. The molecule has 0 aliphatic heterocycles. The predicted octanol–water partition coefficient (Wildman–Crippen LogP) is 4.39. The third-order valence-corrected chi connectivity index (χ3v) is 5.64. The average molecular weight is 482 g/mol. The van der Waals surface area contributed by atoms with E-state index < -0.39 is 0 Å². The predicted molar refractivity (Wildman–Crippen MR) is 135 cm³/mol. The summed E-state index contributed by atoms with van der Waals surface area (Å²) in [6, 6.07) is 13.5. The van der Waals surface area contributed by atoms with Gasteiger partial charge in [-0.05, 0) is 55.4 Å². The molecule has 8 heteroatoms. The van der Waals surface area contributed by atoms with Crippen molar-refractivity contribution in [3.8, 4) is 17.2 Å². The van der Waals surface area contributed by atoms with E-state index >= 15 is 0 Å². The second-order valence-electron chi connectivity index (χ2n) is 7.92. The molecule has 0 unspecified atom stereocenters. The van der Waals surface area contributed by atoms with Crippen molar-refractivity contribution in [1.29, 1.82) is 0 Å². The van der Waals surface area contributed by atoms with Gasteiger partial charge in [0.05, 0.1) is 32.0 Å². The van der Waals surface area contributed by atoms with Crippen LogP contribution in [0.2, 0.25) is 0 Å². The number of aromatic nitrogens is 1. The third-order valence-electron chi connectivity index (χ3n) is 5.00. The minimum Gasteiger partial charge on any atom is -0.493 e. The molecular formula is C26H31N3O4S. The van der Waals surface area contributed by atoms with Crippen LogP contribution in [0.15, 0.2) is 59.4 Å². The first kappa shape index (κ1) is 25.3. The number of ether oxygens (including phenoxy) is 3. The van der Waals surface area contributed by atoms with E-state index in [9.17, 15) is 4.79 Å². The average Bonchev–Trinajstić information content (AvgIpc) is 3.34. The molecule has 0 aliphatic rings. The zero-order valence-corrected chi connectivity index (χ0v) is 20.8. The zero-order valence-electron chi connectivity index (χ0n) is 20.0. The summed E-state index contributed by atoms with van der Waals surface area (Å²) >= 11 is 1.61. The Kier molecular flexibility index (Phi) is 9.49. The maximum atomic E-state index is 12.2. The van der Waals surface area contributed by atoms with Crippen molar-refractivity contribution in [3.63, 3.8) is 0 Å². The normalized spacial score (nSPS) is 12.0. The molecule has 1 aromatic heterocycles. The van der Waals surface area contributed by atoms with Crippen molar-refractivity contribution < 1.29 is 19.0 Å². The summed E-state index contributed by atoms with van der Waals surface area (Å²) < 4.78 is 16.5. The smallest absolute Gasteiger partial charge is 0.244 e. The number of carbonyl (C=O) groups is 1. The van der Waals surface area contributed by atoms with E-state index in [1.165, 1.54) is 6.08 Å². The molecule has 1 heterocycles. The van der Waals surface area contributed by atoms with Gasteiger partial charge in [0.25, 0.3) is 0 Å². The van der Waals surface area contributed by atoms with Gasteiger partial charge in [-0.25, -0.2) is 4.98 Å². The Morgan fingerprint density at radius 3 is 2.71 bits per heavy atom. The summed E-state index contributed by atoms with van der Waals surface area (Å²) in [6.07, 6.45) is 3.04. The number of hydrogen-bond donors (Lipinski definition) is 1. The largest absolute Gasteiger partial charge is 0.493 e. The molecule has 3 aromatic rings. The van der Waals surface area contributed by atoms with Crippen LogP contribution in [-0.2, 0) is 17.9 Å². The highest BCUT2D eigenvalue weighted by molar-refractivity contribution is 7.07. The van der Waals surface area contributed by atoms with Crippen LogP contribution in [0.5, 0.6) is 17.2 Å². The van der Waals surface area contributed by atoms with Gasteiger partial charge >= 0.3 is 0 Å². The number of carbonyl (C=O) groups excluding carboxylic acids is 1. The minimum atomic E-state index is -0.192. The molecule has 0 radical (unpaired) electrons. The Hall–Kier alpha value is -3.36. The van der Waals surface area contributed by atoms with E-state index in [2.05, 4.69) is 33.7 Å². The lowest BCUT2D eigenvalue weighted by atomic mass is 10.2. The summed E-state index contributed by atoms with van der Waals surface area (Å²) in [7, 11) is 5.24. The van der Waals surface area contributed by atoms with Gasteiger partial charge in [-0.2, -0.15) is 0 Å². The van der Waals surface area contributed by atoms with Gasteiger partial charge in [0.1, 0.15) is 11.9 Å². The molecule has 3 rings (SSSR count). The lowest BCUT2D eigenvalue weighted by molar-refractivity contribution is -0.116. The summed E-state index contributed by atoms with van der Waals surface area (Å²) in [6.45, 7) is 3.91. The van der Waals surface area contributed by atoms with E-state index in [1.54, 1.807) is 37.7 Å². The standard InChI is InChI=1S/C26H31N3O4S/c1-19(14-27-26(30)11-9-20-8-10-24(31-3)25(13-20)32-4)33-23-7-5-6-21(12-23)15-29(2)16-22-17-34-18-28-22/h5-13,17-19H,14-16H2,1-4H3,(H,27,30)/b11-9+/t19-/m0/s1. The van der Waals surface area contributed by atoms with Crippen molar-refractivity contribution >= 4 is 23.3 Å². The van der Waals surface area contributed by atoms with Crippen LogP contribution >= 0.6 is 11.3 Å². The Balaban J connectivity index is 1.46. The Bertz CT molecular complexity index is 1090. The number of benzene rings is 2. The highest BCUT2D eigenvalue weighted by Crippen LogP contribution is 2.28. The van der Waals surface area contributed by atoms with E-state index in [0.29, 0.717) is 18.0 Å². The number of thiazole rings is 1. The lowest BCUT2D eigenvalue weighted by Gasteiger charge is -2.18. The molecule has 0 fully saturated rings. The highest BCUT2D eigenvalue weighted by atomic mass is 32.1. The van der Waals surface area contributed by atoms with Crippen LogP contribution in [0.25, 0.3) is 6.08 Å². The zero-order chi connectivity index (χ0) is 24.3. The number of nitrogens with zero attached hydrogens (tertiary/aromatic N) is 2. The molecule has 2 aromatic carbocycles. The molecule has 34 heavy (non-hydrogen) atoms. The number of methoxy groups -OCH3 is 2. The van der Waals surface area contributed by atoms with Gasteiger partial charge in [0.15, 0.2) is 11.5 Å². The number of hydrogen-bond acceptors (Lipinski definition) is 7. The van der Waals surface area contributed by atoms with Gasteiger partial charge in [0, 0.05) is 24.5 Å². The molecule has 7 nitrogen and oxygen atoms in total. The second-order valence-corrected chi connectivity index (χ2v) is 8.64. The van der Waals surface area contributed by atoms with E-state index in [0.717, 1.165) is 35.7 Å². The van der Waals surface area contributed by atoms with E-state index in [-0.39, 0.29) is 12.0 Å². The molecular weight excluding hydrogens is 450 g/mol. The van der Waals surface area contributed by atoms with Gasteiger partial charge in [-0.1, -0.05) is 18.2 Å². The number of nitrogens with one attached hydrogen (secondary N) is 1. The van der Waals surface area contributed by atoms with Crippen LogP contribution in [0.1, 0.15) is 23.7 Å². The maximum absolute atomic E-state index is 12.2.